The second kappa shape index (κ2) is 8.31. The molecule has 0 saturated carbocycles. The number of hydrogen-bond donors (Lipinski definition) is 0. The highest BCUT2D eigenvalue weighted by Gasteiger charge is 2.27. The van der Waals surface area contributed by atoms with Crippen molar-refractivity contribution in [2.24, 2.45) is 5.92 Å². The number of fused-ring (bicyclic) bond motifs is 2. The molecule has 5 rings (SSSR count). The first kappa shape index (κ1) is 19.4. The van der Waals surface area contributed by atoms with Crippen LogP contribution in [0.5, 0.6) is 0 Å². The van der Waals surface area contributed by atoms with E-state index in [0.29, 0.717) is 12.0 Å². The summed E-state index contributed by atoms with van der Waals surface area (Å²) in [5.41, 5.74) is 2.23. The van der Waals surface area contributed by atoms with Crippen molar-refractivity contribution in [2.45, 2.75) is 25.7 Å². The number of hydrogen-bond acceptors (Lipinski definition) is 2. The third-order valence-corrected chi connectivity index (χ3v) is 6.34. The second-order valence-electron chi connectivity index (χ2n) is 8.37. The molecule has 152 valence electrons. The lowest BCUT2D eigenvalue weighted by Crippen LogP contribution is -2.20. The van der Waals surface area contributed by atoms with Crippen LogP contribution in [0.4, 0.5) is 0 Å². The van der Waals surface area contributed by atoms with Gasteiger partial charge in [-0.05, 0) is 64.4 Å². The molecular weight excluding hydrogens is 380 g/mol. The van der Waals surface area contributed by atoms with Gasteiger partial charge in [0.05, 0.1) is 0 Å². The normalized spacial score (nSPS) is 16.3. The Morgan fingerprint density at radius 1 is 0.710 bits per heavy atom. The van der Waals surface area contributed by atoms with Crippen molar-refractivity contribution >= 4 is 33.1 Å². The number of allylic oxidation sites excluding steroid dienone is 2. The highest BCUT2D eigenvalue weighted by Crippen LogP contribution is 2.32. The van der Waals surface area contributed by atoms with E-state index in [0.717, 1.165) is 51.9 Å². The Morgan fingerprint density at radius 2 is 1.29 bits per heavy atom. The van der Waals surface area contributed by atoms with Crippen LogP contribution >= 0.6 is 0 Å². The zero-order chi connectivity index (χ0) is 21.2. The molecule has 0 heterocycles. The number of Topliss-reactive ketones (excluding diaryl/α,β-unsaturated/α-hetero) is 2. The molecule has 0 spiro atoms. The molecule has 1 atom stereocenters. The van der Waals surface area contributed by atoms with E-state index in [1.807, 2.05) is 78.9 Å². The van der Waals surface area contributed by atoms with Crippen molar-refractivity contribution in [3.63, 3.8) is 0 Å². The van der Waals surface area contributed by atoms with Gasteiger partial charge in [-0.15, -0.1) is 0 Å². The molecule has 2 nitrogen and oxygen atoms in total. The van der Waals surface area contributed by atoms with Crippen LogP contribution in [0.25, 0.3) is 21.5 Å². The molecular formula is C29H24O2. The third kappa shape index (κ3) is 3.94. The van der Waals surface area contributed by atoms with Gasteiger partial charge in [0.15, 0.2) is 11.6 Å². The number of ketones is 2. The highest BCUT2D eigenvalue weighted by molar-refractivity contribution is 6.11. The maximum atomic E-state index is 13.4. The van der Waals surface area contributed by atoms with Crippen LogP contribution in [0, 0.1) is 5.92 Å². The van der Waals surface area contributed by atoms with Gasteiger partial charge >= 0.3 is 0 Å². The summed E-state index contributed by atoms with van der Waals surface area (Å²) in [5.74, 6) is 0.142. The van der Waals surface area contributed by atoms with Crippen molar-refractivity contribution in [3.05, 3.63) is 108 Å². The molecule has 1 aliphatic carbocycles. The van der Waals surface area contributed by atoms with E-state index in [4.69, 9.17) is 0 Å². The Bertz CT molecular complexity index is 1330. The quantitative estimate of drug-likeness (QED) is 0.330. The molecule has 0 aliphatic heterocycles. The molecule has 0 aromatic heterocycles. The molecule has 0 saturated heterocycles. The first-order valence-corrected chi connectivity index (χ1v) is 10.9. The molecule has 0 N–H and O–H groups in total. The fourth-order valence-electron chi connectivity index (χ4n) is 4.64. The predicted octanol–water partition coefficient (Wildman–Crippen LogP) is 7.18. The maximum Gasteiger partial charge on any atom is 0.189 e. The summed E-state index contributed by atoms with van der Waals surface area (Å²) in [6.07, 6.45) is 5.23. The van der Waals surface area contributed by atoms with E-state index in [-0.39, 0.29) is 17.5 Å². The van der Waals surface area contributed by atoms with E-state index in [1.165, 1.54) is 0 Å². The third-order valence-electron chi connectivity index (χ3n) is 6.34. The molecule has 4 aromatic carbocycles. The minimum Gasteiger partial charge on any atom is -0.294 e. The number of rotatable bonds is 5. The smallest absolute Gasteiger partial charge is 0.189 e. The summed E-state index contributed by atoms with van der Waals surface area (Å²) in [4.78, 5) is 26.5. The van der Waals surface area contributed by atoms with Crippen molar-refractivity contribution in [1.29, 1.82) is 0 Å². The summed E-state index contributed by atoms with van der Waals surface area (Å²) < 4.78 is 0. The largest absolute Gasteiger partial charge is 0.294 e. The summed E-state index contributed by atoms with van der Waals surface area (Å²) in [6, 6.07) is 27.9. The van der Waals surface area contributed by atoms with E-state index in [1.54, 1.807) is 0 Å². The average molecular weight is 405 g/mol. The predicted molar refractivity (Wildman–Crippen MR) is 127 cm³/mol. The van der Waals surface area contributed by atoms with E-state index in [9.17, 15) is 9.59 Å². The Morgan fingerprint density at radius 3 is 1.97 bits per heavy atom. The van der Waals surface area contributed by atoms with Crippen molar-refractivity contribution in [1.82, 2.24) is 0 Å². The lowest BCUT2D eigenvalue weighted by atomic mass is 9.79. The minimum atomic E-state index is -0.0216. The molecule has 0 fully saturated rings. The zero-order valence-electron chi connectivity index (χ0n) is 17.4. The number of benzene rings is 4. The van der Waals surface area contributed by atoms with Crippen LogP contribution in [0.2, 0.25) is 0 Å². The van der Waals surface area contributed by atoms with Crippen LogP contribution in [0.15, 0.2) is 96.6 Å². The monoisotopic (exact) mass is 404 g/mol. The fraction of sp³-hybridized carbons (Fsp3) is 0.172. The van der Waals surface area contributed by atoms with Gasteiger partial charge < -0.3 is 0 Å². The summed E-state index contributed by atoms with van der Waals surface area (Å²) in [7, 11) is 0. The lowest BCUT2D eigenvalue weighted by Gasteiger charge is -2.23. The first-order chi connectivity index (χ1) is 15.2. The summed E-state index contributed by atoms with van der Waals surface area (Å²) in [6.45, 7) is 0. The van der Waals surface area contributed by atoms with Crippen LogP contribution < -0.4 is 0 Å². The van der Waals surface area contributed by atoms with Crippen molar-refractivity contribution < 1.29 is 9.59 Å². The number of carbonyl (C=O) groups excluding carboxylic acids is 2. The topological polar surface area (TPSA) is 34.1 Å². The summed E-state index contributed by atoms with van der Waals surface area (Å²) >= 11 is 0. The van der Waals surface area contributed by atoms with Gasteiger partial charge in [-0.25, -0.2) is 0 Å². The van der Waals surface area contributed by atoms with E-state index < -0.39 is 0 Å². The lowest BCUT2D eigenvalue weighted by molar-refractivity contribution is 0.0954. The van der Waals surface area contributed by atoms with Gasteiger partial charge in [0, 0.05) is 17.5 Å². The fourth-order valence-corrected chi connectivity index (χ4v) is 4.64. The van der Waals surface area contributed by atoms with Crippen molar-refractivity contribution in [3.8, 4) is 0 Å². The van der Waals surface area contributed by atoms with E-state index >= 15 is 0 Å². The Labute approximate surface area is 182 Å². The molecule has 0 amide bonds. The van der Waals surface area contributed by atoms with Gasteiger partial charge in [0.25, 0.3) is 0 Å². The molecule has 31 heavy (non-hydrogen) atoms. The average Bonchev–Trinajstić information content (AvgIpc) is 2.83. The van der Waals surface area contributed by atoms with Crippen LogP contribution in [0.3, 0.4) is 0 Å². The van der Waals surface area contributed by atoms with Gasteiger partial charge in [0.2, 0.25) is 0 Å². The molecule has 2 heteroatoms. The molecule has 4 aromatic rings. The second-order valence-corrected chi connectivity index (χ2v) is 8.37. The van der Waals surface area contributed by atoms with E-state index in [2.05, 4.69) is 12.1 Å². The SMILES string of the molecule is O=C(CC1CCCC=C1C(=O)c1ccc2ccccc2c1)c1ccc2ccccc2c1. The Kier molecular flexibility index (Phi) is 5.21. The maximum absolute atomic E-state index is 13.4. The molecule has 1 unspecified atom stereocenters. The Balaban J connectivity index is 1.39. The Hall–Kier alpha value is -3.52. The van der Waals surface area contributed by atoms with Gasteiger partial charge in [-0.3, -0.25) is 9.59 Å². The minimum absolute atomic E-state index is 0.0216. The molecule has 0 bridgehead atoms. The van der Waals surface area contributed by atoms with Gasteiger partial charge in [0.1, 0.15) is 0 Å². The van der Waals surface area contributed by atoms with Crippen LogP contribution in [0.1, 0.15) is 46.4 Å². The standard InChI is InChI=1S/C29H24O2/c30-28(25-15-13-20-7-1-3-9-22(20)17-25)19-24-11-5-6-12-27(24)29(31)26-16-14-21-8-2-4-10-23(21)18-26/h1-4,7-10,12-18,24H,5-6,11,19H2. The van der Waals surface area contributed by atoms with Gasteiger partial charge in [-0.1, -0.05) is 78.9 Å². The molecule has 0 radical (unpaired) electrons. The highest BCUT2D eigenvalue weighted by atomic mass is 16.1. The number of carbonyl (C=O) groups is 2. The van der Waals surface area contributed by atoms with Crippen LogP contribution in [-0.2, 0) is 0 Å². The first-order valence-electron chi connectivity index (χ1n) is 10.9. The van der Waals surface area contributed by atoms with Gasteiger partial charge in [-0.2, -0.15) is 0 Å². The summed E-state index contributed by atoms with van der Waals surface area (Å²) in [5, 5.41) is 4.39. The van der Waals surface area contributed by atoms with Crippen LogP contribution in [-0.4, -0.2) is 11.6 Å². The van der Waals surface area contributed by atoms with Crippen molar-refractivity contribution in [2.75, 3.05) is 0 Å². The molecule has 1 aliphatic rings. The zero-order valence-corrected chi connectivity index (χ0v) is 17.4.